The number of nitrogens with zero attached hydrogens (tertiary/aromatic N) is 2. The van der Waals surface area contributed by atoms with Crippen molar-refractivity contribution < 1.29 is 13.2 Å². The molecular weight excluding hydrogens is 304 g/mol. The summed E-state index contributed by atoms with van der Waals surface area (Å²) >= 11 is 0. The van der Waals surface area contributed by atoms with Gasteiger partial charge < -0.3 is 4.98 Å². The van der Waals surface area contributed by atoms with E-state index in [4.69, 9.17) is 0 Å². The zero-order valence-corrected chi connectivity index (χ0v) is 13.1. The second-order valence-electron chi connectivity index (χ2n) is 5.55. The lowest BCUT2D eigenvalue weighted by Crippen LogP contribution is -2.43. The molecule has 0 spiro atoms. The number of carbonyl (C=O) groups is 1. The Kier molecular flexibility index (Phi) is 3.88. The van der Waals surface area contributed by atoms with Crippen molar-refractivity contribution in [1.82, 2.24) is 14.3 Å². The number of amides is 1. The van der Waals surface area contributed by atoms with Gasteiger partial charge in [0.1, 0.15) is 0 Å². The smallest absolute Gasteiger partial charge is 0.231 e. The minimum atomic E-state index is -3.26. The van der Waals surface area contributed by atoms with Gasteiger partial charge in [0, 0.05) is 13.1 Å². The number of aromatic nitrogens is 2. The second kappa shape index (κ2) is 5.69. The van der Waals surface area contributed by atoms with Crippen LogP contribution < -0.4 is 5.32 Å². The highest BCUT2D eigenvalue weighted by molar-refractivity contribution is 7.88. The van der Waals surface area contributed by atoms with E-state index in [1.807, 2.05) is 24.3 Å². The van der Waals surface area contributed by atoms with E-state index in [2.05, 4.69) is 15.3 Å². The fourth-order valence-electron chi connectivity index (χ4n) is 2.69. The first-order valence-electron chi connectivity index (χ1n) is 7.14. The molecule has 8 heteroatoms. The lowest BCUT2D eigenvalue weighted by molar-refractivity contribution is -0.120. The Morgan fingerprint density at radius 2 is 2.18 bits per heavy atom. The van der Waals surface area contributed by atoms with Crippen LogP contribution in [-0.4, -0.2) is 47.9 Å². The van der Waals surface area contributed by atoms with Gasteiger partial charge in [-0.3, -0.25) is 10.1 Å². The van der Waals surface area contributed by atoms with E-state index in [0.717, 1.165) is 11.0 Å². The Hall–Kier alpha value is -1.93. The Balaban J connectivity index is 1.71. The molecule has 7 nitrogen and oxygen atoms in total. The van der Waals surface area contributed by atoms with Crippen molar-refractivity contribution in [1.29, 1.82) is 0 Å². The molecule has 0 bridgehead atoms. The summed E-state index contributed by atoms with van der Waals surface area (Å²) in [6, 6.07) is 7.49. The average Bonchev–Trinajstić information content (AvgIpc) is 2.88. The summed E-state index contributed by atoms with van der Waals surface area (Å²) in [5, 5.41) is 2.75. The Bertz CT molecular complexity index is 766. The van der Waals surface area contributed by atoms with Crippen molar-refractivity contribution in [3.05, 3.63) is 24.3 Å². The molecule has 0 saturated carbocycles. The van der Waals surface area contributed by atoms with Crippen LogP contribution in [0.4, 0.5) is 5.95 Å². The molecular formula is C14H18N4O3S. The molecule has 2 heterocycles. The van der Waals surface area contributed by atoms with Crippen molar-refractivity contribution in [2.75, 3.05) is 24.7 Å². The van der Waals surface area contributed by atoms with Gasteiger partial charge in [-0.25, -0.2) is 17.7 Å². The van der Waals surface area contributed by atoms with E-state index < -0.39 is 10.0 Å². The highest BCUT2D eigenvalue weighted by Crippen LogP contribution is 2.21. The number of nitrogens with one attached hydrogen (secondary N) is 2. The van der Waals surface area contributed by atoms with Gasteiger partial charge >= 0.3 is 0 Å². The third-order valence-corrected chi connectivity index (χ3v) is 5.12. The number of H-pyrrole nitrogens is 1. The maximum Gasteiger partial charge on any atom is 0.231 e. The van der Waals surface area contributed by atoms with Crippen LogP contribution in [0, 0.1) is 5.92 Å². The summed E-state index contributed by atoms with van der Waals surface area (Å²) in [6.07, 6.45) is 2.54. The molecule has 1 amide bonds. The average molecular weight is 322 g/mol. The number of piperidine rings is 1. The zero-order chi connectivity index (χ0) is 15.7. The minimum Gasteiger partial charge on any atom is -0.324 e. The monoisotopic (exact) mass is 322 g/mol. The van der Waals surface area contributed by atoms with Gasteiger partial charge in [0.2, 0.25) is 21.9 Å². The van der Waals surface area contributed by atoms with Gasteiger partial charge in [0.15, 0.2) is 0 Å². The second-order valence-corrected chi connectivity index (χ2v) is 7.53. The van der Waals surface area contributed by atoms with Crippen LogP contribution in [0.1, 0.15) is 12.8 Å². The first-order chi connectivity index (χ1) is 10.4. The van der Waals surface area contributed by atoms with Crippen LogP contribution in [0.3, 0.4) is 0 Å². The van der Waals surface area contributed by atoms with Crippen LogP contribution in [0.15, 0.2) is 24.3 Å². The lowest BCUT2D eigenvalue weighted by atomic mass is 9.99. The first-order valence-corrected chi connectivity index (χ1v) is 8.99. The van der Waals surface area contributed by atoms with E-state index in [1.54, 1.807) is 0 Å². The summed E-state index contributed by atoms with van der Waals surface area (Å²) in [7, 11) is -3.26. The summed E-state index contributed by atoms with van der Waals surface area (Å²) in [5.41, 5.74) is 1.62. The topological polar surface area (TPSA) is 95.2 Å². The predicted molar refractivity (Wildman–Crippen MR) is 83.9 cm³/mol. The molecule has 1 aliphatic heterocycles. The van der Waals surface area contributed by atoms with Crippen LogP contribution in [0.25, 0.3) is 11.0 Å². The van der Waals surface area contributed by atoms with Crippen molar-refractivity contribution in [3.63, 3.8) is 0 Å². The Morgan fingerprint density at radius 1 is 1.41 bits per heavy atom. The number of fused-ring (bicyclic) bond motifs is 1. The summed E-state index contributed by atoms with van der Waals surface area (Å²) in [6.45, 7) is 0.706. The fraction of sp³-hybridized carbons (Fsp3) is 0.429. The van der Waals surface area contributed by atoms with Gasteiger partial charge in [-0.15, -0.1) is 0 Å². The highest BCUT2D eigenvalue weighted by atomic mass is 32.2. The maximum atomic E-state index is 12.3. The molecule has 1 aliphatic rings. The maximum absolute atomic E-state index is 12.3. The molecule has 1 atom stereocenters. The van der Waals surface area contributed by atoms with E-state index in [0.29, 0.717) is 25.3 Å². The molecule has 0 aliphatic carbocycles. The molecule has 3 rings (SSSR count). The third-order valence-electron chi connectivity index (χ3n) is 3.85. The molecule has 0 unspecified atom stereocenters. The first kappa shape index (κ1) is 15.0. The molecule has 1 aromatic carbocycles. The van der Waals surface area contributed by atoms with E-state index >= 15 is 0 Å². The fourth-order valence-corrected chi connectivity index (χ4v) is 3.60. The number of hydrogen-bond donors (Lipinski definition) is 2. The molecule has 2 N–H and O–H groups in total. The SMILES string of the molecule is CS(=O)(=O)N1CCC[C@H](C(=O)Nc2nc3ccccc3[nH]2)C1. The molecule has 118 valence electrons. The third kappa shape index (κ3) is 3.12. The number of imidazole rings is 1. The van der Waals surface area contributed by atoms with Crippen LogP contribution in [-0.2, 0) is 14.8 Å². The molecule has 22 heavy (non-hydrogen) atoms. The van der Waals surface area contributed by atoms with E-state index in [9.17, 15) is 13.2 Å². The lowest BCUT2D eigenvalue weighted by Gasteiger charge is -2.29. The highest BCUT2D eigenvalue weighted by Gasteiger charge is 2.30. The number of hydrogen-bond acceptors (Lipinski definition) is 4. The molecule has 0 radical (unpaired) electrons. The van der Waals surface area contributed by atoms with Crippen molar-refractivity contribution >= 4 is 32.9 Å². The number of para-hydroxylation sites is 2. The van der Waals surface area contributed by atoms with Gasteiger partial charge in [0.25, 0.3) is 0 Å². The van der Waals surface area contributed by atoms with E-state index in [-0.39, 0.29) is 18.4 Å². The summed E-state index contributed by atoms with van der Waals surface area (Å²) in [4.78, 5) is 19.7. The van der Waals surface area contributed by atoms with Crippen molar-refractivity contribution in [2.24, 2.45) is 5.92 Å². The number of aromatic amines is 1. The zero-order valence-electron chi connectivity index (χ0n) is 12.2. The van der Waals surface area contributed by atoms with Crippen molar-refractivity contribution in [3.8, 4) is 0 Å². The predicted octanol–water partition coefficient (Wildman–Crippen LogP) is 1.17. The minimum absolute atomic E-state index is 0.201. The number of anilines is 1. The summed E-state index contributed by atoms with van der Waals surface area (Å²) in [5.74, 6) is -0.160. The molecule has 1 saturated heterocycles. The standard InChI is InChI=1S/C14H18N4O3S/c1-22(20,21)18-8-4-5-10(9-18)13(19)17-14-15-11-6-2-3-7-12(11)16-14/h2-3,6-7,10H,4-5,8-9H2,1H3,(H2,15,16,17,19)/t10-/m0/s1. The summed E-state index contributed by atoms with van der Waals surface area (Å²) < 4.78 is 24.6. The van der Waals surface area contributed by atoms with Gasteiger partial charge in [0.05, 0.1) is 23.2 Å². The number of rotatable bonds is 3. The van der Waals surface area contributed by atoms with Crippen LogP contribution in [0.5, 0.6) is 0 Å². The van der Waals surface area contributed by atoms with E-state index in [1.165, 1.54) is 10.6 Å². The van der Waals surface area contributed by atoms with Crippen LogP contribution >= 0.6 is 0 Å². The largest absolute Gasteiger partial charge is 0.324 e. The number of carbonyl (C=O) groups excluding carboxylic acids is 1. The molecule has 1 aromatic heterocycles. The Morgan fingerprint density at radius 3 is 2.91 bits per heavy atom. The quantitative estimate of drug-likeness (QED) is 0.887. The van der Waals surface area contributed by atoms with Crippen molar-refractivity contribution in [2.45, 2.75) is 12.8 Å². The van der Waals surface area contributed by atoms with Gasteiger partial charge in [-0.2, -0.15) is 0 Å². The molecule has 1 fully saturated rings. The van der Waals surface area contributed by atoms with Crippen LogP contribution in [0.2, 0.25) is 0 Å². The normalized spacial score (nSPS) is 20.1. The van der Waals surface area contributed by atoms with Gasteiger partial charge in [-0.1, -0.05) is 12.1 Å². The number of benzene rings is 1. The van der Waals surface area contributed by atoms with Gasteiger partial charge in [-0.05, 0) is 25.0 Å². The number of sulfonamides is 1. The Labute approximate surface area is 128 Å². The molecule has 2 aromatic rings.